The zero-order chi connectivity index (χ0) is 14.7. The minimum absolute atomic E-state index is 0.0577. The Hall–Kier alpha value is -2.14. The molecule has 2 aromatic rings. The lowest BCUT2D eigenvalue weighted by atomic mass is 10.0. The number of imidazole rings is 1. The largest absolute Gasteiger partial charge is 0.333 e. The molecule has 0 bridgehead atoms. The van der Waals surface area contributed by atoms with E-state index in [1.54, 1.807) is 12.5 Å². The molecule has 1 aromatic heterocycles. The third-order valence-corrected chi connectivity index (χ3v) is 3.98. The SMILES string of the molecule is CC1NCCC1C(=O)Nc1cccc(Cn2ccnc2)c1. The fraction of sp³-hybridized carbons (Fsp3) is 0.375. The van der Waals surface area contributed by atoms with Crippen molar-refractivity contribution in [2.24, 2.45) is 5.92 Å². The van der Waals surface area contributed by atoms with Gasteiger partial charge in [0, 0.05) is 30.7 Å². The molecule has 1 amide bonds. The second kappa shape index (κ2) is 6.10. The van der Waals surface area contributed by atoms with E-state index < -0.39 is 0 Å². The summed E-state index contributed by atoms with van der Waals surface area (Å²) in [4.78, 5) is 16.3. The Balaban J connectivity index is 1.67. The average Bonchev–Trinajstić information content (AvgIpc) is 3.10. The lowest BCUT2D eigenvalue weighted by Crippen LogP contribution is -2.32. The number of aromatic nitrogens is 2. The van der Waals surface area contributed by atoms with E-state index in [1.165, 1.54) is 0 Å². The summed E-state index contributed by atoms with van der Waals surface area (Å²) >= 11 is 0. The second-order valence-electron chi connectivity index (χ2n) is 5.56. The number of hydrogen-bond donors (Lipinski definition) is 2. The Morgan fingerprint density at radius 2 is 2.43 bits per heavy atom. The summed E-state index contributed by atoms with van der Waals surface area (Å²) in [5.41, 5.74) is 2.00. The Labute approximate surface area is 124 Å². The molecule has 1 aliphatic rings. The van der Waals surface area contributed by atoms with Crippen LogP contribution >= 0.6 is 0 Å². The maximum absolute atomic E-state index is 12.3. The molecule has 0 aliphatic carbocycles. The number of carbonyl (C=O) groups is 1. The quantitative estimate of drug-likeness (QED) is 0.901. The van der Waals surface area contributed by atoms with Crippen LogP contribution in [0.1, 0.15) is 18.9 Å². The molecule has 1 saturated heterocycles. The molecule has 2 atom stereocenters. The van der Waals surface area contributed by atoms with Crippen LogP contribution in [0.2, 0.25) is 0 Å². The van der Waals surface area contributed by atoms with Crippen molar-refractivity contribution < 1.29 is 4.79 Å². The number of benzene rings is 1. The fourth-order valence-electron chi connectivity index (χ4n) is 2.79. The lowest BCUT2D eigenvalue weighted by Gasteiger charge is -2.15. The van der Waals surface area contributed by atoms with Gasteiger partial charge in [0.2, 0.25) is 5.91 Å². The zero-order valence-electron chi connectivity index (χ0n) is 12.1. The topological polar surface area (TPSA) is 59.0 Å². The van der Waals surface area contributed by atoms with E-state index in [9.17, 15) is 4.79 Å². The molecular formula is C16H20N4O. The van der Waals surface area contributed by atoms with Crippen LogP contribution in [0.4, 0.5) is 5.69 Å². The first-order valence-corrected chi connectivity index (χ1v) is 7.31. The highest BCUT2D eigenvalue weighted by Gasteiger charge is 2.29. The molecule has 0 spiro atoms. The van der Waals surface area contributed by atoms with Gasteiger partial charge < -0.3 is 15.2 Å². The van der Waals surface area contributed by atoms with Gasteiger partial charge in [-0.1, -0.05) is 12.1 Å². The minimum Gasteiger partial charge on any atom is -0.333 e. The molecule has 2 heterocycles. The summed E-state index contributed by atoms with van der Waals surface area (Å²) in [5.74, 6) is 0.162. The summed E-state index contributed by atoms with van der Waals surface area (Å²) in [6.07, 6.45) is 6.39. The number of anilines is 1. The van der Waals surface area contributed by atoms with Gasteiger partial charge in [-0.15, -0.1) is 0 Å². The van der Waals surface area contributed by atoms with Crippen molar-refractivity contribution in [1.82, 2.24) is 14.9 Å². The molecule has 5 heteroatoms. The number of nitrogens with zero attached hydrogens (tertiary/aromatic N) is 2. The molecule has 0 saturated carbocycles. The van der Waals surface area contributed by atoms with Gasteiger partial charge in [0.15, 0.2) is 0 Å². The van der Waals surface area contributed by atoms with E-state index >= 15 is 0 Å². The smallest absolute Gasteiger partial charge is 0.229 e. The number of rotatable bonds is 4. The summed E-state index contributed by atoms with van der Waals surface area (Å²) < 4.78 is 2.00. The summed E-state index contributed by atoms with van der Waals surface area (Å²) in [6.45, 7) is 3.73. The minimum atomic E-state index is 0.0577. The van der Waals surface area contributed by atoms with Gasteiger partial charge in [0.05, 0.1) is 12.2 Å². The maximum atomic E-state index is 12.3. The van der Waals surface area contributed by atoms with Gasteiger partial charge in [-0.2, -0.15) is 0 Å². The predicted octanol–water partition coefficient (Wildman–Crippen LogP) is 1.87. The van der Waals surface area contributed by atoms with Crippen LogP contribution in [0.5, 0.6) is 0 Å². The van der Waals surface area contributed by atoms with Crippen LogP contribution in [0, 0.1) is 5.92 Å². The van der Waals surface area contributed by atoms with Gasteiger partial charge >= 0.3 is 0 Å². The van der Waals surface area contributed by atoms with E-state index in [1.807, 2.05) is 29.0 Å². The van der Waals surface area contributed by atoms with E-state index in [2.05, 4.69) is 28.6 Å². The van der Waals surface area contributed by atoms with E-state index in [4.69, 9.17) is 0 Å². The molecule has 1 aromatic carbocycles. The summed E-state index contributed by atoms with van der Waals surface area (Å²) in [6, 6.07) is 8.22. The number of carbonyl (C=O) groups excluding carboxylic acids is 1. The molecule has 1 aliphatic heterocycles. The van der Waals surface area contributed by atoms with Gasteiger partial charge in [-0.05, 0) is 37.6 Å². The molecular weight excluding hydrogens is 264 g/mol. The molecule has 2 unspecified atom stereocenters. The van der Waals surface area contributed by atoms with Crippen molar-refractivity contribution in [3.8, 4) is 0 Å². The zero-order valence-corrected chi connectivity index (χ0v) is 12.1. The van der Waals surface area contributed by atoms with E-state index in [-0.39, 0.29) is 17.9 Å². The highest BCUT2D eigenvalue weighted by molar-refractivity contribution is 5.93. The molecule has 1 fully saturated rings. The van der Waals surface area contributed by atoms with Crippen LogP contribution in [0.3, 0.4) is 0 Å². The van der Waals surface area contributed by atoms with Crippen molar-refractivity contribution >= 4 is 11.6 Å². The van der Waals surface area contributed by atoms with Crippen LogP contribution in [0.15, 0.2) is 43.0 Å². The monoisotopic (exact) mass is 284 g/mol. The Bertz CT molecular complexity index is 608. The number of nitrogens with one attached hydrogen (secondary N) is 2. The van der Waals surface area contributed by atoms with Crippen LogP contribution in [-0.2, 0) is 11.3 Å². The van der Waals surface area contributed by atoms with Crippen molar-refractivity contribution in [2.75, 3.05) is 11.9 Å². The van der Waals surface area contributed by atoms with Gasteiger partial charge in [0.1, 0.15) is 0 Å². The third kappa shape index (κ3) is 3.31. The molecule has 3 rings (SSSR count). The van der Waals surface area contributed by atoms with Crippen molar-refractivity contribution in [3.05, 3.63) is 48.5 Å². The standard InChI is InChI=1S/C16H20N4O/c1-12-15(5-6-18-12)16(21)19-14-4-2-3-13(9-14)10-20-8-7-17-11-20/h2-4,7-9,11-12,15,18H,5-6,10H2,1H3,(H,19,21). The van der Waals surface area contributed by atoms with Crippen molar-refractivity contribution in [1.29, 1.82) is 0 Å². The first-order chi connectivity index (χ1) is 10.2. The number of amides is 1. The van der Waals surface area contributed by atoms with E-state index in [0.717, 1.165) is 30.8 Å². The van der Waals surface area contributed by atoms with Gasteiger partial charge in [-0.3, -0.25) is 4.79 Å². The van der Waals surface area contributed by atoms with Gasteiger partial charge in [-0.25, -0.2) is 4.98 Å². The summed E-state index contributed by atoms with van der Waals surface area (Å²) in [7, 11) is 0. The van der Waals surface area contributed by atoms with Gasteiger partial charge in [0.25, 0.3) is 0 Å². The molecule has 5 nitrogen and oxygen atoms in total. The van der Waals surface area contributed by atoms with Crippen LogP contribution < -0.4 is 10.6 Å². The normalized spacial score (nSPS) is 21.4. The second-order valence-corrected chi connectivity index (χ2v) is 5.56. The van der Waals surface area contributed by atoms with Crippen LogP contribution in [0.25, 0.3) is 0 Å². The fourth-order valence-corrected chi connectivity index (χ4v) is 2.79. The predicted molar refractivity (Wildman–Crippen MR) is 82.0 cm³/mol. The highest BCUT2D eigenvalue weighted by Crippen LogP contribution is 2.19. The Morgan fingerprint density at radius 3 is 3.14 bits per heavy atom. The first kappa shape index (κ1) is 13.8. The Kier molecular flexibility index (Phi) is 4.01. The summed E-state index contributed by atoms with van der Waals surface area (Å²) in [5, 5.41) is 6.34. The number of hydrogen-bond acceptors (Lipinski definition) is 3. The molecule has 110 valence electrons. The molecule has 2 N–H and O–H groups in total. The highest BCUT2D eigenvalue weighted by atomic mass is 16.1. The average molecular weight is 284 g/mol. The lowest BCUT2D eigenvalue weighted by molar-refractivity contribution is -0.119. The third-order valence-electron chi connectivity index (χ3n) is 3.98. The van der Waals surface area contributed by atoms with Crippen LogP contribution in [-0.4, -0.2) is 28.0 Å². The maximum Gasteiger partial charge on any atom is 0.229 e. The molecule has 0 radical (unpaired) electrons. The molecule has 21 heavy (non-hydrogen) atoms. The van der Waals surface area contributed by atoms with Crippen molar-refractivity contribution in [2.45, 2.75) is 25.9 Å². The van der Waals surface area contributed by atoms with Crippen molar-refractivity contribution in [3.63, 3.8) is 0 Å². The van der Waals surface area contributed by atoms with E-state index in [0.29, 0.717) is 0 Å². The Morgan fingerprint density at radius 1 is 1.52 bits per heavy atom. The first-order valence-electron chi connectivity index (χ1n) is 7.31.